The highest BCUT2D eigenvalue weighted by molar-refractivity contribution is 5.25. The number of allylic oxidation sites excluding steroid dienone is 1. The Bertz CT molecular complexity index is 609. The summed E-state index contributed by atoms with van der Waals surface area (Å²) in [7, 11) is 0. The number of aliphatic hydroxyl groups excluding tert-OH is 1. The zero-order valence-corrected chi connectivity index (χ0v) is 18.0. The number of ether oxygens (including phenoxy) is 2. The first-order valence-corrected chi connectivity index (χ1v) is 12.1. The number of hydrogen-bond acceptors (Lipinski definition) is 3. The van der Waals surface area contributed by atoms with E-state index in [2.05, 4.69) is 19.9 Å². The highest BCUT2D eigenvalue weighted by atomic mass is 16.7. The van der Waals surface area contributed by atoms with Gasteiger partial charge in [0.2, 0.25) is 0 Å². The molecule has 8 atom stereocenters. The second kappa shape index (κ2) is 7.39. The van der Waals surface area contributed by atoms with E-state index in [1.807, 2.05) is 0 Å². The maximum atomic E-state index is 9.93. The van der Waals surface area contributed by atoms with Crippen molar-refractivity contribution in [3.05, 3.63) is 11.6 Å². The summed E-state index contributed by atoms with van der Waals surface area (Å²) in [6.45, 7) is 6.34. The lowest BCUT2D eigenvalue weighted by molar-refractivity contribution is -0.195. The van der Waals surface area contributed by atoms with Crippen LogP contribution in [0.25, 0.3) is 0 Å². The fourth-order valence-electron chi connectivity index (χ4n) is 8.19. The summed E-state index contributed by atoms with van der Waals surface area (Å²) in [5.41, 5.74) is 2.46. The second-order valence-corrected chi connectivity index (χ2v) is 11.1. The fourth-order valence-corrected chi connectivity index (χ4v) is 8.19. The molecule has 158 valence electrons. The van der Waals surface area contributed by atoms with Gasteiger partial charge in [0.05, 0.1) is 6.10 Å². The standard InChI is InChI=1S/C25H40O3/c1-24-12-10-19(28-23-5-3-4-14-27-23)15-17(24)6-8-20-21-9-7-18(16-26)25(21,2)13-11-22(20)24/h6,18-23,26H,3-5,7-16H2,1-2H3. The van der Waals surface area contributed by atoms with Gasteiger partial charge in [0.15, 0.2) is 6.29 Å². The smallest absolute Gasteiger partial charge is 0.157 e. The summed E-state index contributed by atoms with van der Waals surface area (Å²) in [6, 6.07) is 0. The van der Waals surface area contributed by atoms with E-state index in [1.165, 1.54) is 57.8 Å². The van der Waals surface area contributed by atoms with Crippen molar-refractivity contribution in [2.45, 2.75) is 96.9 Å². The van der Waals surface area contributed by atoms with Gasteiger partial charge < -0.3 is 14.6 Å². The van der Waals surface area contributed by atoms with E-state index in [1.54, 1.807) is 5.57 Å². The van der Waals surface area contributed by atoms with E-state index in [0.29, 0.717) is 29.5 Å². The summed E-state index contributed by atoms with van der Waals surface area (Å²) in [6.07, 6.45) is 16.7. The molecule has 4 fully saturated rings. The van der Waals surface area contributed by atoms with Crippen LogP contribution in [-0.2, 0) is 9.47 Å². The minimum absolute atomic E-state index is 0.0457. The van der Waals surface area contributed by atoms with Gasteiger partial charge in [-0.15, -0.1) is 0 Å². The van der Waals surface area contributed by atoms with Crippen molar-refractivity contribution >= 4 is 0 Å². The van der Waals surface area contributed by atoms with Crippen molar-refractivity contribution < 1.29 is 14.6 Å². The van der Waals surface area contributed by atoms with Crippen LogP contribution in [0.4, 0.5) is 0 Å². The first kappa shape index (κ1) is 19.6. The summed E-state index contributed by atoms with van der Waals surface area (Å²) < 4.78 is 12.2. The van der Waals surface area contributed by atoms with E-state index in [4.69, 9.17) is 9.47 Å². The van der Waals surface area contributed by atoms with Gasteiger partial charge >= 0.3 is 0 Å². The van der Waals surface area contributed by atoms with Crippen LogP contribution in [0.15, 0.2) is 11.6 Å². The van der Waals surface area contributed by atoms with E-state index < -0.39 is 0 Å². The molecule has 0 aromatic rings. The predicted molar refractivity (Wildman–Crippen MR) is 111 cm³/mol. The van der Waals surface area contributed by atoms with Gasteiger partial charge in [0.1, 0.15) is 0 Å². The molecule has 5 rings (SSSR count). The Morgan fingerprint density at radius 2 is 1.96 bits per heavy atom. The minimum Gasteiger partial charge on any atom is -0.396 e. The second-order valence-electron chi connectivity index (χ2n) is 11.1. The third kappa shape index (κ3) is 3.03. The summed E-state index contributed by atoms with van der Waals surface area (Å²) in [5, 5.41) is 9.93. The molecule has 1 heterocycles. The van der Waals surface area contributed by atoms with Crippen LogP contribution < -0.4 is 0 Å². The number of rotatable bonds is 3. The predicted octanol–water partition coefficient (Wildman–Crippen LogP) is 5.47. The Balaban J connectivity index is 1.31. The van der Waals surface area contributed by atoms with Crippen LogP contribution in [-0.4, -0.2) is 30.7 Å². The van der Waals surface area contributed by atoms with Crippen LogP contribution in [0.2, 0.25) is 0 Å². The van der Waals surface area contributed by atoms with Gasteiger partial charge in [-0.2, -0.15) is 0 Å². The fraction of sp³-hybridized carbons (Fsp3) is 0.920. The molecular weight excluding hydrogens is 348 g/mol. The molecule has 0 bridgehead atoms. The van der Waals surface area contributed by atoms with Crippen LogP contribution in [0.5, 0.6) is 0 Å². The maximum absolute atomic E-state index is 9.93. The molecule has 8 unspecified atom stereocenters. The molecule has 28 heavy (non-hydrogen) atoms. The van der Waals surface area contributed by atoms with E-state index in [9.17, 15) is 5.11 Å². The van der Waals surface area contributed by atoms with Crippen LogP contribution in [0.1, 0.15) is 84.5 Å². The lowest BCUT2D eigenvalue weighted by Crippen LogP contribution is -2.51. The Labute approximate surface area is 171 Å². The van der Waals surface area contributed by atoms with Gasteiger partial charge in [-0.25, -0.2) is 0 Å². The van der Waals surface area contributed by atoms with Crippen LogP contribution in [0, 0.1) is 34.5 Å². The normalized spacial score (nSPS) is 51.0. The maximum Gasteiger partial charge on any atom is 0.157 e. The Morgan fingerprint density at radius 3 is 2.75 bits per heavy atom. The molecule has 1 saturated heterocycles. The first-order chi connectivity index (χ1) is 13.5. The monoisotopic (exact) mass is 388 g/mol. The molecule has 4 aliphatic carbocycles. The van der Waals surface area contributed by atoms with E-state index in [0.717, 1.165) is 37.2 Å². The molecule has 1 aliphatic heterocycles. The Morgan fingerprint density at radius 1 is 1.07 bits per heavy atom. The molecule has 0 amide bonds. The van der Waals surface area contributed by atoms with Crippen molar-refractivity contribution in [3.8, 4) is 0 Å². The van der Waals surface area contributed by atoms with Crippen molar-refractivity contribution in [2.75, 3.05) is 13.2 Å². The average molecular weight is 389 g/mol. The molecule has 3 saturated carbocycles. The van der Waals surface area contributed by atoms with E-state index >= 15 is 0 Å². The highest BCUT2D eigenvalue weighted by Crippen LogP contribution is 2.66. The van der Waals surface area contributed by atoms with Crippen molar-refractivity contribution in [3.63, 3.8) is 0 Å². The lowest BCUT2D eigenvalue weighted by Gasteiger charge is -2.58. The molecular formula is C25H40O3. The molecule has 3 heteroatoms. The molecule has 1 N–H and O–H groups in total. The third-order valence-corrected chi connectivity index (χ3v) is 9.96. The number of aliphatic hydroxyl groups is 1. The van der Waals surface area contributed by atoms with Crippen molar-refractivity contribution in [2.24, 2.45) is 34.5 Å². The van der Waals surface area contributed by atoms with Gasteiger partial charge in [-0.3, -0.25) is 0 Å². The number of fused-ring (bicyclic) bond motifs is 5. The van der Waals surface area contributed by atoms with Gasteiger partial charge in [-0.05, 0) is 105 Å². The van der Waals surface area contributed by atoms with Gasteiger partial charge in [-0.1, -0.05) is 25.5 Å². The molecule has 5 aliphatic rings. The van der Waals surface area contributed by atoms with Gasteiger partial charge in [0, 0.05) is 13.2 Å². The van der Waals surface area contributed by atoms with Crippen LogP contribution in [0.3, 0.4) is 0 Å². The molecule has 0 radical (unpaired) electrons. The molecule has 0 aromatic heterocycles. The Kier molecular flexibility index (Phi) is 5.17. The molecule has 0 spiro atoms. The average Bonchev–Trinajstić information content (AvgIpc) is 3.05. The zero-order valence-electron chi connectivity index (χ0n) is 18.0. The quantitative estimate of drug-likeness (QED) is 0.652. The summed E-state index contributed by atoms with van der Waals surface area (Å²) >= 11 is 0. The van der Waals surface area contributed by atoms with Crippen molar-refractivity contribution in [1.82, 2.24) is 0 Å². The molecule has 3 nitrogen and oxygen atoms in total. The minimum atomic E-state index is 0.0457. The van der Waals surface area contributed by atoms with Crippen molar-refractivity contribution in [1.29, 1.82) is 0 Å². The SMILES string of the molecule is CC12CCC(OC3CCCCO3)CC1=CCC1C2CCC2(C)C(CO)CCC12. The Hall–Kier alpha value is -0.380. The largest absolute Gasteiger partial charge is 0.396 e. The zero-order chi connectivity index (χ0) is 19.4. The third-order valence-electron chi connectivity index (χ3n) is 9.96. The lowest BCUT2D eigenvalue weighted by atomic mass is 9.47. The highest BCUT2D eigenvalue weighted by Gasteiger charge is 2.58. The first-order valence-electron chi connectivity index (χ1n) is 12.1. The summed E-state index contributed by atoms with van der Waals surface area (Å²) in [5.74, 6) is 3.04. The molecule has 0 aromatic carbocycles. The van der Waals surface area contributed by atoms with Gasteiger partial charge in [0.25, 0.3) is 0 Å². The number of hydrogen-bond donors (Lipinski definition) is 1. The van der Waals surface area contributed by atoms with Crippen LogP contribution >= 0.6 is 0 Å². The topological polar surface area (TPSA) is 38.7 Å². The van der Waals surface area contributed by atoms with E-state index in [-0.39, 0.29) is 6.29 Å². The summed E-state index contributed by atoms with van der Waals surface area (Å²) in [4.78, 5) is 0.